The predicted octanol–water partition coefficient (Wildman–Crippen LogP) is 1.67. The van der Waals surface area contributed by atoms with Crippen LogP contribution in [0.25, 0.3) is 0 Å². The molecule has 0 atom stereocenters. The third-order valence-corrected chi connectivity index (χ3v) is 6.83. The Bertz CT molecular complexity index is 780. The maximum atomic E-state index is 11.8. The van der Waals surface area contributed by atoms with Gasteiger partial charge in [0.2, 0.25) is 0 Å². The highest BCUT2D eigenvalue weighted by molar-refractivity contribution is 7.92. The molecular weight excluding hydrogens is 346 g/mol. The van der Waals surface area contributed by atoms with Crippen molar-refractivity contribution in [1.29, 1.82) is 0 Å². The minimum atomic E-state index is -3.24. The van der Waals surface area contributed by atoms with Crippen molar-refractivity contribution in [1.82, 2.24) is 24.5 Å². The van der Waals surface area contributed by atoms with E-state index >= 15 is 0 Å². The van der Waals surface area contributed by atoms with E-state index < -0.39 is 9.84 Å². The Morgan fingerprint density at radius 2 is 1.92 bits per heavy atom. The fourth-order valence-electron chi connectivity index (χ4n) is 2.96. The molecule has 1 fully saturated rings. The van der Waals surface area contributed by atoms with Gasteiger partial charge in [0.1, 0.15) is 5.82 Å². The van der Waals surface area contributed by atoms with E-state index in [9.17, 15) is 8.42 Å². The number of aryl methyl sites for hydroxylation is 1. The minimum absolute atomic E-state index is 0.170. The molecule has 7 nitrogen and oxygen atoms in total. The van der Waals surface area contributed by atoms with E-state index in [1.807, 2.05) is 19.3 Å². The molecule has 9 heteroatoms. The lowest BCUT2D eigenvalue weighted by Gasteiger charge is -2.31. The summed E-state index contributed by atoms with van der Waals surface area (Å²) in [6.45, 7) is 4.67. The fraction of sp³-hybridized carbons (Fsp3) is 0.600. The molecule has 24 heavy (non-hydrogen) atoms. The number of aromatic nitrogens is 4. The summed E-state index contributed by atoms with van der Waals surface area (Å²) < 4.78 is 27.8. The molecule has 130 valence electrons. The van der Waals surface area contributed by atoms with Crippen molar-refractivity contribution in [2.24, 2.45) is 0 Å². The molecule has 3 rings (SSSR count). The molecule has 0 bridgehead atoms. The molecule has 0 saturated carbocycles. The lowest BCUT2D eigenvalue weighted by molar-refractivity contribution is 0.202. The molecule has 1 aliphatic rings. The van der Waals surface area contributed by atoms with Gasteiger partial charge < -0.3 is 0 Å². The van der Waals surface area contributed by atoms with Gasteiger partial charge in [0.25, 0.3) is 0 Å². The summed E-state index contributed by atoms with van der Waals surface area (Å²) in [4.78, 5) is 11.0. The number of nitrogens with zero attached hydrogens (tertiary/aromatic N) is 5. The molecule has 2 aromatic heterocycles. The average Bonchev–Trinajstić information content (AvgIpc) is 3.06. The molecule has 0 amide bonds. The fourth-order valence-corrected chi connectivity index (χ4v) is 4.70. The minimum Gasteiger partial charge on any atom is -0.299 e. The second-order valence-electron chi connectivity index (χ2n) is 6.13. The van der Waals surface area contributed by atoms with Gasteiger partial charge in [-0.05, 0) is 25.9 Å². The second kappa shape index (κ2) is 7.20. The van der Waals surface area contributed by atoms with Crippen LogP contribution in [0.2, 0.25) is 0 Å². The molecule has 0 spiro atoms. The standard InChI is InChI=1S/C15H21N5O2S2/c1-3-13-16-8-11(9-17-13)10-20-6-4-12(5-7-20)14-15(23-19-18-14)24(2,21)22/h8-9,12H,3-7,10H2,1-2H3. The second-order valence-corrected chi connectivity index (χ2v) is 9.09. The Morgan fingerprint density at radius 3 is 2.50 bits per heavy atom. The van der Waals surface area contributed by atoms with Crippen LogP contribution >= 0.6 is 11.5 Å². The quantitative estimate of drug-likeness (QED) is 0.794. The summed E-state index contributed by atoms with van der Waals surface area (Å²) in [5, 5.41) is 4.09. The van der Waals surface area contributed by atoms with Gasteiger partial charge in [-0.2, -0.15) is 0 Å². The predicted molar refractivity (Wildman–Crippen MR) is 91.7 cm³/mol. The number of hydrogen-bond acceptors (Lipinski definition) is 8. The third kappa shape index (κ3) is 3.96. The largest absolute Gasteiger partial charge is 0.299 e. The van der Waals surface area contributed by atoms with E-state index in [1.54, 1.807) is 0 Å². The first-order valence-corrected chi connectivity index (χ1v) is 10.7. The number of rotatable bonds is 5. The third-order valence-electron chi connectivity index (χ3n) is 4.27. The molecule has 0 radical (unpaired) electrons. The molecule has 0 unspecified atom stereocenters. The molecular formula is C15H21N5O2S2. The highest BCUT2D eigenvalue weighted by Crippen LogP contribution is 2.32. The van der Waals surface area contributed by atoms with Crippen molar-refractivity contribution in [3.63, 3.8) is 0 Å². The first-order chi connectivity index (χ1) is 11.5. The Labute approximate surface area is 146 Å². The summed E-state index contributed by atoms with van der Waals surface area (Å²) in [6.07, 6.45) is 7.63. The highest BCUT2D eigenvalue weighted by Gasteiger charge is 2.28. The van der Waals surface area contributed by atoms with E-state index in [1.165, 1.54) is 6.26 Å². The molecule has 1 aliphatic heterocycles. The smallest absolute Gasteiger partial charge is 0.188 e. The molecule has 2 aromatic rings. The molecule has 3 heterocycles. The van der Waals surface area contributed by atoms with Crippen LogP contribution in [0.4, 0.5) is 0 Å². The van der Waals surface area contributed by atoms with Gasteiger partial charge in [-0.15, -0.1) is 5.10 Å². The Balaban J connectivity index is 1.61. The zero-order valence-corrected chi connectivity index (χ0v) is 15.5. The van der Waals surface area contributed by atoms with Gasteiger partial charge in [0.05, 0.1) is 5.69 Å². The van der Waals surface area contributed by atoms with Crippen LogP contribution in [0.3, 0.4) is 0 Å². The van der Waals surface area contributed by atoms with E-state index in [0.717, 1.165) is 61.8 Å². The van der Waals surface area contributed by atoms with E-state index in [0.29, 0.717) is 9.90 Å². The summed E-state index contributed by atoms with van der Waals surface area (Å²) in [6, 6.07) is 0. The number of hydrogen-bond donors (Lipinski definition) is 0. The number of sulfone groups is 1. The average molecular weight is 368 g/mol. The lowest BCUT2D eigenvalue weighted by Crippen LogP contribution is -2.33. The molecule has 0 aliphatic carbocycles. The lowest BCUT2D eigenvalue weighted by atomic mass is 9.94. The number of likely N-dealkylation sites (tertiary alicyclic amines) is 1. The topological polar surface area (TPSA) is 88.9 Å². The number of piperidine rings is 1. The summed E-state index contributed by atoms with van der Waals surface area (Å²) in [7, 11) is -3.24. The Hall–Kier alpha value is -1.45. The summed E-state index contributed by atoms with van der Waals surface area (Å²) in [5.74, 6) is 1.03. The first-order valence-electron chi connectivity index (χ1n) is 8.02. The normalized spacial score (nSPS) is 17.2. The van der Waals surface area contributed by atoms with Crippen LogP contribution in [-0.4, -0.2) is 52.2 Å². The SMILES string of the molecule is CCc1ncc(CN2CCC(c3nnsc3S(C)(=O)=O)CC2)cn1. The van der Waals surface area contributed by atoms with E-state index in [2.05, 4.69) is 24.5 Å². The van der Waals surface area contributed by atoms with Crippen molar-refractivity contribution in [3.8, 4) is 0 Å². The Morgan fingerprint density at radius 1 is 1.25 bits per heavy atom. The first kappa shape index (κ1) is 17.4. The van der Waals surface area contributed by atoms with E-state index in [-0.39, 0.29) is 5.92 Å². The van der Waals surface area contributed by atoms with Crippen LogP contribution < -0.4 is 0 Å². The van der Waals surface area contributed by atoms with Gasteiger partial charge in [0.15, 0.2) is 14.0 Å². The maximum Gasteiger partial charge on any atom is 0.188 e. The maximum absolute atomic E-state index is 11.8. The van der Waals surface area contributed by atoms with Crippen LogP contribution in [0.5, 0.6) is 0 Å². The molecule has 1 saturated heterocycles. The van der Waals surface area contributed by atoms with Crippen molar-refractivity contribution in [3.05, 3.63) is 29.5 Å². The van der Waals surface area contributed by atoms with Crippen LogP contribution in [-0.2, 0) is 22.8 Å². The van der Waals surface area contributed by atoms with Crippen molar-refractivity contribution < 1.29 is 8.42 Å². The highest BCUT2D eigenvalue weighted by atomic mass is 32.2. The van der Waals surface area contributed by atoms with Crippen molar-refractivity contribution >= 4 is 21.4 Å². The van der Waals surface area contributed by atoms with Crippen LogP contribution in [0.15, 0.2) is 16.6 Å². The monoisotopic (exact) mass is 367 g/mol. The molecule has 0 aromatic carbocycles. The van der Waals surface area contributed by atoms with Gasteiger partial charge in [-0.1, -0.05) is 11.4 Å². The zero-order valence-electron chi connectivity index (χ0n) is 13.8. The Kier molecular flexibility index (Phi) is 5.21. The summed E-state index contributed by atoms with van der Waals surface area (Å²) in [5.41, 5.74) is 1.76. The van der Waals surface area contributed by atoms with Crippen LogP contribution in [0, 0.1) is 0 Å². The van der Waals surface area contributed by atoms with Gasteiger partial charge in [0, 0.05) is 54.6 Å². The van der Waals surface area contributed by atoms with Gasteiger partial charge in [-0.3, -0.25) is 4.90 Å². The van der Waals surface area contributed by atoms with E-state index in [4.69, 9.17) is 0 Å². The van der Waals surface area contributed by atoms with Crippen LogP contribution in [0.1, 0.15) is 42.8 Å². The van der Waals surface area contributed by atoms with Gasteiger partial charge >= 0.3 is 0 Å². The van der Waals surface area contributed by atoms with Gasteiger partial charge in [-0.25, -0.2) is 18.4 Å². The summed E-state index contributed by atoms with van der Waals surface area (Å²) >= 11 is 0.978. The van der Waals surface area contributed by atoms with Crippen molar-refractivity contribution in [2.75, 3.05) is 19.3 Å². The van der Waals surface area contributed by atoms with Crippen molar-refractivity contribution in [2.45, 2.75) is 42.9 Å². The zero-order chi connectivity index (χ0) is 17.2. The molecule has 0 N–H and O–H groups in total.